The highest BCUT2D eigenvalue weighted by Gasteiger charge is 2.42. The van der Waals surface area contributed by atoms with Crippen molar-refractivity contribution in [3.8, 4) is 0 Å². The number of halogens is 2. The maximum absolute atomic E-state index is 13.3. The fraction of sp³-hybridized carbons (Fsp3) is 0.240. The van der Waals surface area contributed by atoms with E-state index in [1.807, 2.05) is 36.4 Å². The van der Waals surface area contributed by atoms with Crippen molar-refractivity contribution in [2.75, 3.05) is 10.6 Å². The average Bonchev–Trinajstić information content (AvgIpc) is 3.16. The molecule has 2 heterocycles. The summed E-state index contributed by atoms with van der Waals surface area (Å²) in [5.74, 6) is 0.284. The van der Waals surface area contributed by atoms with Gasteiger partial charge in [0.1, 0.15) is 17.4 Å². The predicted molar refractivity (Wildman–Crippen MR) is 130 cm³/mol. The number of carbonyl (C=O) groups is 2. The number of carbonyl (C=O) groups excluding carboxylic acids is 2. The fourth-order valence-corrected chi connectivity index (χ4v) is 5.12. The van der Waals surface area contributed by atoms with Gasteiger partial charge in [-0.25, -0.2) is 4.68 Å². The largest absolute Gasteiger partial charge is 0.343 e. The van der Waals surface area contributed by atoms with Crippen LogP contribution in [0.25, 0.3) is 0 Å². The molecule has 6 nitrogen and oxygen atoms in total. The van der Waals surface area contributed by atoms with Gasteiger partial charge < -0.3 is 10.6 Å². The van der Waals surface area contributed by atoms with Crippen molar-refractivity contribution in [2.45, 2.75) is 32.7 Å². The van der Waals surface area contributed by atoms with Gasteiger partial charge in [0.15, 0.2) is 5.78 Å². The Labute approximate surface area is 201 Å². The summed E-state index contributed by atoms with van der Waals surface area (Å²) >= 11 is 12.7. The molecule has 3 aromatic rings. The van der Waals surface area contributed by atoms with Crippen molar-refractivity contribution >= 4 is 46.4 Å². The van der Waals surface area contributed by atoms with Gasteiger partial charge in [0, 0.05) is 39.0 Å². The number of hydrogen-bond acceptors (Lipinski definition) is 4. The van der Waals surface area contributed by atoms with Crippen molar-refractivity contribution in [1.82, 2.24) is 9.78 Å². The molecule has 0 saturated carbocycles. The number of anilines is 2. The van der Waals surface area contributed by atoms with E-state index in [1.165, 1.54) is 6.20 Å². The molecule has 2 N–H and O–H groups in total. The normalized spacial score (nSPS) is 18.9. The molecular weight excluding hydrogens is 459 g/mol. The molecule has 5 rings (SSSR count). The maximum Gasteiger partial charge on any atom is 0.261 e. The van der Waals surface area contributed by atoms with E-state index < -0.39 is 6.04 Å². The van der Waals surface area contributed by atoms with E-state index in [2.05, 4.69) is 29.6 Å². The van der Waals surface area contributed by atoms with Crippen LogP contribution in [0, 0.1) is 5.41 Å². The van der Waals surface area contributed by atoms with E-state index in [-0.39, 0.29) is 17.1 Å². The number of Topliss-reactive ketones (excluding diaryl/α,β-unsaturated/α-hetero) is 1. The summed E-state index contributed by atoms with van der Waals surface area (Å²) < 4.78 is 1.67. The van der Waals surface area contributed by atoms with Gasteiger partial charge in [-0.15, -0.1) is 0 Å². The molecule has 168 valence electrons. The van der Waals surface area contributed by atoms with E-state index in [9.17, 15) is 9.59 Å². The van der Waals surface area contributed by atoms with E-state index in [4.69, 9.17) is 23.2 Å². The Morgan fingerprint density at radius 2 is 1.91 bits per heavy atom. The summed E-state index contributed by atoms with van der Waals surface area (Å²) in [7, 11) is 0. The first kappa shape index (κ1) is 21.7. The molecule has 1 aliphatic heterocycles. The number of hydrogen-bond donors (Lipinski definition) is 2. The number of rotatable bonds is 3. The number of ketones is 1. The molecule has 1 amide bonds. The lowest BCUT2D eigenvalue weighted by Crippen LogP contribution is -2.37. The van der Waals surface area contributed by atoms with Gasteiger partial charge in [0.25, 0.3) is 5.91 Å². The minimum atomic E-state index is -0.553. The second-order valence-electron chi connectivity index (χ2n) is 9.20. The Balaban J connectivity index is 1.63. The first-order valence-corrected chi connectivity index (χ1v) is 11.4. The van der Waals surface area contributed by atoms with Crippen LogP contribution in [0.1, 0.15) is 48.7 Å². The lowest BCUT2D eigenvalue weighted by molar-refractivity contribution is -0.118. The van der Waals surface area contributed by atoms with E-state index in [0.29, 0.717) is 51.1 Å². The molecule has 1 unspecified atom stereocenters. The Hall–Kier alpha value is -3.09. The second kappa shape index (κ2) is 8.04. The molecule has 0 fully saturated rings. The molecule has 1 aliphatic carbocycles. The summed E-state index contributed by atoms with van der Waals surface area (Å²) in [6, 6.07) is 13.9. The van der Waals surface area contributed by atoms with Crippen molar-refractivity contribution in [1.29, 1.82) is 0 Å². The van der Waals surface area contributed by atoms with E-state index in [0.717, 1.165) is 5.70 Å². The third-order valence-corrected chi connectivity index (χ3v) is 6.60. The third-order valence-electron chi connectivity index (χ3n) is 6.04. The number of nitrogens with one attached hydrogen (secondary N) is 2. The van der Waals surface area contributed by atoms with Gasteiger partial charge in [0.2, 0.25) is 0 Å². The number of aromatic nitrogens is 2. The van der Waals surface area contributed by atoms with Crippen LogP contribution in [0.15, 0.2) is 66.0 Å². The van der Waals surface area contributed by atoms with Gasteiger partial charge in [-0.1, -0.05) is 61.3 Å². The van der Waals surface area contributed by atoms with Crippen LogP contribution >= 0.6 is 23.2 Å². The first-order chi connectivity index (χ1) is 15.7. The van der Waals surface area contributed by atoms with Crippen LogP contribution in [-0.2, 0) is 4.79 Å². The van der Waals surface area contributed by atoms with Crippen LogP contribution in [0.5, 0.6) is 0 Å². The SMILES string of the molecule is CC1(C)CC(=O)C2=C(C1)Nc1c(C(=O)Nc3ccccc3)cnn1C2c1ccc(Cl)cc1Cl. The Kier molecular flexibility index (Phi) is 5.30. The highest BCUT2D eigenvalue weighted by molar-refractivity contribution is 6.35. The van der Waals surface area contributed by atoms with Crippen molar-refractivity contribution in [3.05, 3.63) is 87.2 Å². The number of benzene rings is 2. The van der Waals surface area contributed by atoms with Crippen LogP contribution in [0.4, 0.5) is 11.5 Å². The zero-order valence-corrected chi connectivity index (χ0v) is 19.7. The molecule has 2 aliphatic rings. The number of fused-ring (bicyclic) bond motifs is 1. The van der Waals surface area contributed by atoms with Crippen molar-refractivity contribution < 1.29 is 9.59 Å². The first-order valence-electron chi connectivity index (χ1n) is 10.7. The molecule has 0 bridgehead atoms. The van der Waals surface area contributed by atoms with Crippen LogP contribution in [-0.4, -0.2) is 21.5 Å². The Bertz CT molecular complexity index is 1310. The lowest BCUT2D eigenvalue weighted by Gasteiger charge is -2.39. The average molecular weight is 481 g/mol. The summed E-state index contributed by atoms with van der Waals surface area (Å²) in [4.78, 5) is 26.4. The van der Waals surface area contributed by atoms with Gasteiger partial charge in [-0.3, -0.25) is 9.59 Å². The molecule has 8 heteroatoms. The Morgan fingerprint density at radius 1 is 1.15 bits per heavy atom. The van der Waals surface area contributed by atoms with Gasteiger partial charge >= 0.3 is 0 Å². The number of allylic oxidation sites excluding steroid dienone is 2. The molecule has 1 atom stereocenters. The van der Waals surface area contributed by atoms with Gasteiger partial charge in [-0.2, -0.15) is 5.10 Å². The van der Waals surface area contributed by atoms with Crippen molar-refractivity contribution in [2.24, 2.45) is 5.41 Å². The quantitative estimate of drug-likeness (QED) is 0.474. The van der Waals surface area contributed by atoms with Gasteiger partial charge in [-0.05, 0) is 36.1 Å². The third kappa shape index (κ3) is 3.94. The topological polar surface area (TPSA) is 76.0 Å². The fourth-order valence-electron chi connectivity index (χ4n) is 4.61. The molecule has 0 spiro atoms. The standard InChI is InChI=1S/C25H22Cl2N4O2/c1-25(2)11-19-21(20(32)12-25)22(16-9-8-14(26)10-18(16)27)31-23(30-19)17(13-28-31)24(33)29-15-6-4-3-5-7-15/h3-10,13,22,30H,11-12H2,1-2H3,(H,29,33). The smallest absolute Gasteiger partial charge is 0.261 e. The minimum Gasteiger partial charge on any atom is -0.343 e. The summed E-state index contributed by atoms with van der Waals surface area (Å²) in [6.45, 7) is 4.13. The predicted octanol–water partition coefficient (Wildman–Crippen LogP) is 6.10. The lowest BCUT2D eigenvalue weighted by atomic mass is 9.73. The van der Waals surface area contributed by atoms with Crippen molar-refractivity contribution in [3.63, 3.8) is 0 Å². The summed E-state index contributed by atoms with van der Waals surface area (Å²) in [5, 5.41) is 11.7. The van der Waals surface area contributed by atoms with Crippen LogP contribution in [0.3, 0.4) is 0 Å². The summed E-state index contributed by atoms with van der Waals surface area (Å²) in [6.07, 6.45) is 2.61. The molecule has 0 radical (unpaired) electrons. The zero-order valence-electron chi connectivity index (χ0n) is 18.2. The highest BCUT2D eigenvalue weighted by atomic mass is 35.5. The zero-order chi connectivity index (χ0) is 23.3. The van der Waals surface area contributed by atoms with Crippen LogP contribution < -0.4 is 10.6 Å². The van der Waals surface area contributed by atoms with E-state index in [1.54, 1.807) is 16.8 Å². The second-order valence-corrected chi connectivity index (χ2v) is 10.0. The molecule has 2 aromatic carbocycles. The van der Waals surface area contributed by atoms with Crippen LogP contribution in [0.2, 0.25) is 10.0 Å². The Morgan fingerprint density at radius 3 is 2.64 bits per heavy atom. The van der Waals surface area contributed by atoms with E-state index >= 15 is 0 Å². The minimum absolute atomic E-state index is 0.0428. The molecule has 0 saturated heterocycles. The number of amides is 1. The van der Waals surface area contributed by atoms with Gasteiger partial charge in [0.05, 0.1) is 6.20 Å². The molecule has 33 heavy (non-hydrogen) atoms. The maximum atomic E-state index is 13.3. The summed E-state index contributed by atoms with van der Waals surface area (Å²) in [5.41, 5.74) is 3.01. The highest BCUT2D eigenvalue weighted by Crippen LogP contribution is 2.47. The monoisotopic (exact) mass is 480 g/mol. The molecular formula is C25H22Cl2N4O2. The molecule has 1 aromatic heterocycles. The number of nitrogens with zero attached hydrogens (tertiary/aromatic N) is 2. The number of para-hydroxylation sites is 1.